The summed E-state index contributed by atoms with van der Waals surface area (Å²) in [6.45, 7) is 0.599. The first kappa shape index (κ1) is 8.58. The van der Waals surface area contributed by atoms with Crippen molar-refractivity contribution < 1.29 is 0 Å². The van der Waals surface area contributed by atoms with Gasteiger partial charge in [0.1, 0.15) is 0 Å². The summed E-state index contributed by atoms with van der Waals surface area (Å²) in [6.07, 6.45) is 1.91. The Morgan fingerprint density at radius 2 is 1.86 bits per heavy atom. The predicted octanol–water partition coefficient (Wildman–Crippen LogP) is 2.41. The van der Waals surface area contributed by atoms with Gasteiger partial charge in [0, 0.05) is 6.54 Å². The van der Waals surface area contributed by atoms with Crippen molar-refractivity contribution in [1.82, 2.24) is 5.32 Å². The molecule has 2 aromatic carbocycles. The van der Waals surface area contributed by atoms with Crippen LogP contribution in [0.1, 0.15) is 5.56 Å². The molecule has 68 valence electrons. The van der Waals surface area contributed by atoms with E-state index in [4.69, 9.17) is 5.26 Å². The van der Waals surface area contributed by atoms with Crippen molar-refractivity contribution in [2.75, 3.05) is 0 Å². The van der Waals surface area contributed by atoms with Crippen LogP contribution in [0.5, 0.6) is 0 Å². The van der Waals surface area contributed by atoms with Gasteiger partial charge in [-0.1, -0.05) is 36.4 Å². The molecule has 0 unspecified atom stereocenters. The lowest BCUT2D eigenvalue weighted by Crippen LogP contribution is -2.03. The van der Waals surface area contributed by atoms with E-state index in [1.54, 1.807) is 0 Å². The number of nitrogens with one attached hydrogen (secondary N) is 1. The first-order chi connectivity index (χ1) is 6.90. The van der Waals surface area contributed by atoms with E-state index in [0.29, 0.717) is 6.54 Å². The lowest BCUT2D eigenvalue weighted by Gasteiger charge is -2.01. The molecule has 2 nitrogen and oxygen atoms in total. The van der Waals surface area contributed by atoms with E-state index in [-0.39, 0.29) is 0 Å². The average molecular weight is 182 g/mol. The van der Waals surface area contributed by atoms with E-state index < -0.39 is 0 Å². The smallest absolute Gasteiger partial charge is 0.176 e. The van der Waals surface area contributed by atoms with Crippen LogP contribution in [0.2, 0.25) is 0 Å². The van der Waals surface area contributed by atoms with Gasteiger partial charge in [-0.15, -0.1) is 0 Å². The van der Waals surface area contributed by atoms with Crippen molar-refractivity contribution in [3.63, 3.8) is 0 Å². The van der Waals surface area contributed by atoms with Crippen molar-refractivity contribution in [2.24, 2.45) is 0 Å². The molecule has 2 heteroatoms. The average Bonchev–Trinajstić information content (AvgIpc) is 2.26. The number of fused-ring (bicyclic) bond motifs is 1. The van der Waals surface area contributed by atoms with Crippen molar-refractivity contribution in [3.05, 3.63) is 48.0 Å². The Bertz CT molecular complexity index is 483. The van der Waals surface area contributed by atoms with Crippen LogP contribution in [-0.4, -0.2) is 0 Å². The molecule has 2 aromatic rings. The second kappa shape index (κ2) is 3.80. The third-order valence-corrected chi connectivity index (χ3v) is 2.19. The summed E-state index contributed by atoms with van der Waals surface area (Å²) in [6, 6.07) is 14.4. The zero-order valence-electron chi connectivity index (χ0n) is 7.70. The highest BCUT2D eigenvalue weighted by atomic mass is 14.8. The van der Waals surface area contributed by atoms with Crippen molar-refractivity contribution in [1.29, 1.82) is 5.26 Å². The van der Waals surface area contributed by atoms with Gasteiger partial charge in [-0.05, 0) is 22.4 Å². The summed E-state index contributed by atoms with van der Waals surface area (Å²) in [5.74, 6) is 0. The number of benzene rings is 2. The Kier molecular flexibility index (Phi) is 2.33. The Hall–Kier alpha value is -2.01. The van der Waals surface area contributed by atoms with Crippen LogP contribution in [0.4, 0.5) is 0 Å². The summed E-state index contributed by atoms with van der Waals surface area (Å²) in [7, 11) is 0. The molecular formula is C12H10N2. The maximum Gasteiger partial charge on any atom is 0.176 e. The van der Waals surface area contributed by atoms with E-state index in [0.717, 1.165) is 5.56 Å². The van der Waals surface area contributed by atoms with Gasteiger partial charge in [0.2, 0.25) is 0 Å². The van der Waals surface area contributed by atoms with E-state index in [9.17, 15) is 0 Å². The van der Waals surface area contributed by atoms with E-state index in [1.807, 2.05) is 24.4 Å². The van der Waals surface area contributed by atoms with Gasteiger partial charge < -0.3 is 5.32 Å². The van der Waals surface area contributed by atoms with Gasteiger partial charge in [-0.25, -0.2) is 0 Å². The molecule has 0 spiro atoms. The number of nitriles is 1. The molecule has 0 bridgehead atoms. The third-order valence-electron chi connectivity index (χ3n) is 2.19. The van der Waals surface area contributed by atoms with Crippen molar-refractivity contribution >= 4 is 10.8 Å². The topological polar surface area (TPSA) is 35.8 Å². The molecule has 0 heterocycles. The molecule has 14 heavy (non-hydrogen) atoms. The minimum absolute atomic E-state index is 0.599. The van der Waals surface area contributed by atoms with Crippen LogP contribution in [0.15, 0.2) is 42.5 Å². The number of hydrogen-bond donors (Lipinski definition) is 1. The molecule has 0 saturated carbocycles. The van der Waals surface area contributed by atoms with Crippen LogP contribution in [0.3, 0.4) is 0 Å². The van der Waals surface area contributed by atoms with Gasteiger partial charge in [0.25, 0.3) is 0 Å². The molecule has 0 fully saturated rings. The van der Waals surface area contributed by atoms with Crippen LogP contribution in [0, 0.1) is 11.5 Å². The molecule has 0 aliphatic heterocycles. The molecule has 0 aliphatic carbocycles. The highest BCUT2D eigenvalue weighted by Gasteiger charge is 1.94. The van der Waals surface area contributed by atoms with Crippen molar-refractivity contribution in [2.45, 2.75) is 6.54 Å². The van der Waals surface area contributed by atoms with Gasteiger partial charge >= 0.3 is 0 Å². The lowest BCUT2D eigenvalue weighted by atomic mass is 10.1. The van der Waals surface area contributed by atoms with Crippen LogP contribution in [0.25, 0.3) is 10.8 Å². The second-order valence-electron chi connectivity index (χ2n) is 3.15. The van der Waals surface area contributed by atoms with Crippen molar-refractivity contribution in [3.8, 4) is 6.19 Å². The number of hydrogen-bond acceptors (Lipinski definition) is 2. The normalized spacial score (nSPS) is 9.64. The number of rotatable bonds is 2. The molecular weight excluding hydrogens is 172 g/mol. The maximum absolute atomic E-state index is 8.38. The van der Waals surface area contributed by atoms with Gasteiger partial charge in [-0.3, -0.25) is 0 Å². The van der Waals surface area contributed by atoms with Crippen LogP contribution >= 0.6 is 0 Å². The minimum atomic E-state index is 0.599. The molecule has 0 aromatic heterocycles. The molecule has 0 amide bonds. The van der Waals surface area contributed by atoms with Crippen LogP contribution in [-0.2, 0) is 6.54 Å². The first-order valence-electron chi connectivity index (χ1n) is 4.50. The minimum Gasteiger partial charge on any atom is -0.319 e. The quantitative estimate of drug-likeness (QED) is 0.572. The zero-order valence-corrected chi connectivity index (χ0v) is 7.70. The molecule has 0 atom stereocenters. The summed E-state index contributed by atoms with van der Waals surface area (Å²) >= 11 is 0. The standard InChI is InChI=1S/C12H10N2/c13-9-14-8-10-5-6-11-3-1-2-4-12(11)7-10/h1-7,14H,8H2. The Morgan fingerprint density at radius 3 is 2.64 bits per heavy atom. The predicted molar refractivity (Wildman–Crippen MR) is 56.4 cm³/mol. The van der Waals surface area contributed by atoms with Gasteiger partial charge in [0.15, 0.2) is 6.19 Å². The fraction of sp³-hybridized carbons (Fsp3) is 0.0833. The molecule has 2 rings (SSSR count). The van der Waals surface area contributed by atoms with Gasteiger partial charge in [0.05, 0.1) is 0 Å². The SMILES string of the molecule is N#CNCc1ccc2ccccc2c1. The summed E-state index contributed by atoms with van der Waals surface area (Å²) in [5, 5.41) is 13.5. The largest absolute Gasteiger partial charge is 0.319 e. The fourth-order valence-corrected chi connectivity index (χ4v) is 1.49. The van der Waals surface area contributed by atoms with E-state index >= 15 is 0 Å². The molecule has 0 saturated heterocycles. The molecule has 0 aliphatic rings. The Labute approximate surface area is 82.8 Å². The Morgan fingerprint density at radius 1 is 1.07 bits per heavy atom. The summed E-state index contributed by atoms with van der Waals surface area (Å²) < 4.78 is 0. The third kappa shape index (κ3) is 1.67. The first-order valence-corrected chi connectivity index (χ1v) is 4.50. The molecule has 1 N–H and O–H groups in total. The van der Waals surface area contributed by atoms with E-state index in [1.165, 1.54) is 10.8 Å². The summed E-state index contributed by atoms with van der Waals surface area (Å²) in [5.41, 5.74) is 1.13. The summed E-state index contributed by atoms with van der Waals surface area (Å²) in [4.78, 5) is 0. The highest BCUT2D eigenvalue weighted by molar-refractivity contribution is 5.82. The lowest BCUT2D eigenvalue weighted by molar-refractivity contribution is 0.886. The fourth-order valence-electron chi connectivity index (χ4n) is 1.49. The highest BCUT2D eigenvalue weighted by Crippen LogP contribution is 2.15. The van der Waals surface area contributed by atoms with E-state index in [2.05, 4.69) is 29.6 Å². The van der Waals surface area contributed by atoms with Crippen LogP contribution < -0.4 is 5.32 Å². The zero-order chi connectivity index (χ0) is 9.80. The maximum atomic E-state index is 8.38. The van der Waals surface area contributed by atoms with Gasteiger partial charge in [-0.2, -0.15) is 5.26 Å². The molecule has 0 radical (unpaired) electrons. The Balaban J connectivity index is 2.37. The number of nitrogens with zero attached hydrogens (tertiary/aromatic N) is 1. The monoisotopic (exact) mass is 182 g/mol. The second-order valence-corrected chi connectivity index (χ2v) is 3.15.